The Morgan fingerprint density at radius 2 is 0.702 bits per heavy atom. The van der Waals surface area contributed by atoms with Crippen LogP contribution in [0.15, 0.2) is 0 Å². The minimum absolute atomic E-state index is 0.358. The number of rotatable bonds is 24. The van der Waals surface area contributed by atoms with E-state index < -0.39 is 130 Å². The van der Waals surface area contributed by atoms with Gasteiger partial charge in [-0.05, 0) is 177 Å². The maximum atomic E-state index is 7.59. The molecule has 0 aromatic heterocycles. The van der Waals surface area contributed by atoms with E-state index in [0.29, 0.717) is 6.61 Å². The predicted octanol–water partition coefficient (Wildman–Crippen LogP) is 10.9. The van der Waals surface area contributed by atoms with Crippen molar-refractivity contribution in [3.63, 3.8) is 0 Å². The van der Waals surface area contributed by atoms with Crippen molar-refractivity contribution in [2.45, 2.75) is 232 Å². The predicted molar refractivity (Wildman–Crippen MR) is 261 cm³/mol. The summed E-state index contributed by atoms with van der Waals surface area (Å²) in [5.41, 5.74) is 0. The van der Waals surface area contributed by atoms with Crippen molar-refractivity contribution >= 4 is 74.9 Å². The zero-order chi connectivity index (χ0) is 45.2. The van der Waals surface area contributed by atoms with E-state index in [1.54, 1.807) is 0 Å². The van der Waals surface area contributed by atoms with E-state index in [1.807, 2.05) is 0 Å². The first-order chi connectivity index (χ1) is 24.8. The Morgan fingerprint density at radius 1 is 0.351 bits per heavy atom. The highest BCUT2D eigenvalue weighted by molar-refractivity contribution is 6.73. The minimum Gasteiger partial charge on any atom is -0.415 e. The molecule has 11 nitrogen and oxygen atoms in total. The van der Waals surface area contributed by atoms with E-state index in [-0.39, 0.29) is 0 Å². The van der Waals surface area contributed by atoms with Crippen molar-refractivity contribution in [2.75, 3.05) is 6.61 Å². The van der Waals surface area contributed by atoms with Crippen LogP contribution in [0, 0.1) is 0 Å². The molecule has 57 heavy (non-hydrogen) atoms. The van der Waals surface area contributed by atoms with Crippen LogP contribution in [0.5, 0.6) is 0 Å². The molecule has 20 heteroatoms. The lowest BCUT2D eigenvalue weighted by Crippen LogP contribution is -2.68. The van der Waals surface area contributed by atoms with Gasteiger partial charge in [-0.2, -0.15) is 0 Å². The first-order valence-electron chi connectivity index (χ1n) is 21.2. The molecule has 0 saturated carbocycles. The van der Waals surface area contributed by atoms with E-state index in [2.05, 4.69) is 177 Å². The third-order valence-corrected chi connectivity index (χ3v) is 16.0. The fraction of sp³-hybridized carbons (Fsp3) is 1.00. The summed E-state index contributed by atoms with van der Waals surface area (Å²) in [6, 6.07) is 0. The molecule has 0 N–H and O–H groups in total. The summed E-state index contributed by atoms with van der Waals surface area (Å²) in [4.78, 5) is 0. The third-order valence-electron chi connectivity index (χ3n) is 7.26. The van der Waals surface area contributed by atoms with Gasteiger partial charge in [0.1, 0.15) is 30.5 Å². The van der Waals surface area contributed by atoms with Gasteiger partial charge in [0.15, 0.2) is 93.7 Å². The molecule has 2 unspecified atom stereocenters. The SMILES string of the molecule is C[Si](C)(C)OC[C@H](O[Si](C)(C)C)[C@@H](O[Si](C)(C)C)C(O[C@@H]1O[C@H](O[Si](C)(C)C)[C@H](O[Si](C)(C)C)C(O[Si](C)(C)C)[C@H]1O[Si](C)(C)C)C(O[Si](C)(C)C)O[Si](C)(C)C. The molecule has 0 aromatic carbocycles. The second-order valence-corrected chi connectivity index (χ2v) is 64.7. The van der Waals surface area contributed by atoms with Crippen molar-refractivity contribution in [1.29, 1.82) is 0 Å². The van der Waals surface area contributed by atoms with Gasteiger partial charge in [-0.3, -0.25) is 0 Å². The molecule has 0 aromatic rings. The van der Waals surface area contributed by atoms with Gasteiger partial charge in [0.25, 0.3) is 0 Å². The summed E-state index contributed by atoms with van der Waals surface area (Å²) in [5, 5.41) is 0. The highest BCUT2D eigenvalue weighted by atomic mass is 28.4. The Bertz CT molecular complexity index is 1190. The number of hydrogen-bond acceptors (Lipinski definition) is 11. The molecule has 8 atom stereocenters. The molecular formula is C37H92O11Si9. The van der Waals surface area contributed by atoms with Crippen LogP contribution < -0.4 is 0 Å². The summed E-state index contributed by atoms with van der Waals surface area (Å²) in [6.07, 6.45) is -6.07. The fourth-order valence-electron chi connectivity index (χ4n) is 5.99. The van der Waals surface area contributed by atoms with Gasteiger partial charge in [-0.15, -0.1) is 0 Å². The molecule has 1 aliphatic heterocycles. The summed E-state index contributed by atoms with van der Waals surface area (Å²) >= 11 is 0. The van der Waals surface area contributed by atoms with Crippen LogP contribution in [0.2, 0.25) is 177 Å². The summed E-state index contributed by atoms with van der Waals surface area (Å²) in [6.45, 7) is 59.7. The van der Waals surface area contributed by atoms with Crippen molar-refractivity contribution < 1.29 is 49.3 Å². The van der Waals surface area contributed by atoms with E-state index in [9.17, 15) is 0 Å². The van der Waals surface area contributed by atoms with E-state index >= 15 is 0 Å². The van der Waals surface area contributed by atoms with Crippen molar-refractivity contribution in [1.82, 2.24) is 0 Å². The van der Waals surface area contributed by atoms with E-state index in [4.69, 9.17) is 49.3 Å². The van der Waals surface area contributed by atoms with Gasteiger partial charge in [0.05, 0.1) is 12.7 Å². The quantitative estimate of drug-likeness (QED) is 0.0683. The molecule has 1 saturated heterocycles. The second kappa shape index (κ2) is 20.6. The van der Waals surface area contributed by atoms with Gasteiger partial charge in [-0.25, -0.2) is 0 Å². The van der Waals surface area contributed by atoms with Crippen LogP contribution in [0.25, 0.3) is 0 Å². The highest BCUT2D eigenvalue weighted by Gasteiger charge is 2.56. The topological polar surface area (TPSA) is 102 Å². The van der Waals surface area contributed by atoms with Crippen LogP contribution in [0.3, 0.4) is 0 Å². The monoisotopic (exact) mass is 964 g/mol. The van der Waals surface area contributed by atoms with Crippen molar-refractivity contribution in [3.05, 3.63) is 0 Å². The third kappa shape index (κ3) is 25.4. The standard InChI is InChI=1S/C37H92O11Si9/c1-49(2,3)38-28-29(41-50(4,5)6)30(42-51(7,8)9)32(37(47-56(22,23)24)48-57(25,26)27)39-35-33(44-53(13,14)15)31(43-52(10,11)12)34(45-54(16,17)18)36(40-35)46-55(19,20)21/h29-37H,28H2,1-27H3/t29-,30+,31?,32?,33+,34+,35+,36+/m0/s1. The smallest absolute Gasteiger partial charge is 0.188 e. The maximum absolute atomic E-state index is 7.59. The Labute approximate surface area is 361 Å². The van der Waals surface area contributed by atoms with Crippen LogP contribution in [-0.4, -0.2) is 137 Å². The zero-order valence-electron chi connectivity index (χ0n) is 41.9. The van der Waals surface area contributed by atoms with E-state index in [1.165, 1.54) is 0 Å². The molecule has 342 valence electrons. The van der Waals surface area contributed by atoms with Crippen LogP contribution in [0.1, 0.15) is 0 Å². The molecule has 0 radical (unpaired) electrons. The van der Waals surface area contributed by atoms with Gasteiger partial charge in [-0.1, -0.05) is 0 Å². The molecule has 0 spiro atoms. The molecule has 1 heterocycles. The Morgan fingerprint density at radius 3 is 1.04 bits per heavy atom. The van der Waals surface area contributed by atoms with Gasteiger partial charge in [0.2, 0.25) is 0 Å². The van der Waals surface area contributed by atoms with Crippen molar-refractivity contribution in [2.24, 2.45) is 0 Å². The lowest BCUT2D eigenvalue weighted by atomic mass is 10.0. The zero-order valence-corrected chi connectivity index (χ0v) is 50.9. The summed E-state index contributed by atoms with van der Waals surface area (Å²) in [7, 11) is -19.9. The molecule has 0 bridgehead atoms. The molecule has 1 fully saturated rings. The fourth-order valence-corrected chi connectivity index (χ4v) is 14.8. The van der Waals surface area contributed by atoms with E-state index in [0.717, 1.165) is 0 Å². The Balaban J connectivity index is 4.43. The molecule has 1 rings (SSSR count). The molecule has 0 aliphatic carbocycles. The molecular weight excluding hydrogens is 873 g/mol. The van der Waals surface area contributed by atoms with Crippen molar-refractivity contribution in [3.8, 4) is 0 Å². The van der Waals surface area contributed by atoms with Gasteiger partial charge in [0, 0.05) is 0 Å². The highest BCUT2D eigenvalue weighted by Crippen LogP contribution is 2.38. The largest absolute Gasteiger partial charge is 0.415 e. The van der Waals surface area contributed by atoms with Crippen LogP contribution in [0.4, 0.5) is 0 Å². The number of hydrogen-bond donors (Lipinski definition) is 0. The van der Waals surface area contributed by atoms with Gasteiger partial charge >= 0.3 is 0 Å². The molecule has 1 aliphatic rings. The summed E-state index contributed by atoms with van der Waals surface area (Å²) < 4.78 is 78.5. The normalized spacial score (nSPS) is 24.5. The lowest BCUT2D eigenvalue weighted by Gasteiger charge is -2.53. The van der Waals surface area contributed by atoms with Crippen LogP contribution >= 0.6 is 0 Å². The number of ether oxygens (including phenoxy) is 2. The lowest BCUT2D eigenvalue weighted by molar-refractivity contribution is -0.351. The minimum atomic E-state index is -2.30. The second-order valence-electron chi connectivity index (χ2n) is 24.5. The van der Waals surface area contributed by atoms with Crippen LogP contribution in [-0.2, 0) is 49.3 Å². The Hall–Kier alpha value is 1.51. The average Bonchev–Trinajstić information content (AvgIpc) is 2.86. The summed E-state index contributed by atoms with van der Waals surface area (Å²) in [5.74, 6) is 0. The Kier molecular flexibility index (Phi) is 20.4. The van der Waals surface area contributed by atoms with Gasteiger partial charge < -0.3 is 49.3 Å². The first kappa shape index (κ1) is 56.5. The molecule has 0 amide bonds. The first-order valence-corrected chi connectivity index (χ1v) is 51.9. The maximum Gasteiger partial charge on any atom is 0.188 e. The average molecular weight is 966 g/mol.